The van der Waals surface area contributed by atoms with E-state index in [9.17, 15) is 0 Å². The zero-order chi connectivity index (χ0) is 23.5. The van der Waals surface area contributed by atoms with Gasteiger partial charge in [-0.2, -0.15) is 0 Å². The highest BCUT2D eigenvalue weighted by Crippen LogP contribution is 2.36. The number of nitrogens with one attached hydrogen (secondary N) is 2. The van der Waals surface area contributed by atoms with Gasteiger partial charge in [0.05, 0.1) is 43.7 Å². The van der Waals surface area contributed by atoms with E-state index in [1.807, 2.05) is 12.1 Å². The summed E-state index contributed by atoms with van der Waals surface area (Å²) in [5.74, 6) is 2.08. The molecular formula is C26H31N5O3. The second-order valence-corrected chi connectivity index (χ2v) is 8.63. The number of para-hydroxylation sites is 1. The van der Waals surface area contributed by atoms with Crippen molar-refractivity contribution in [3.63, 3.8) is 0 Å². The Hall–Kier alpha value is -3.36. The number of methoxy groups -OCH3 is 1. The summed E-state index contributed by atoms with van der Waals surface area (Å²) in [7, 11) is 1.66. The van der Waals surface area contributed by atoms with Crippen LogP contribution in [0.25, 0.3) is 21.8 Å². The first-order chi connectivity index (χ1) is 16.6. The molecule has 8 nitrogen and oxygen atoms in total. The molecule has 178 valence electrons. The first-order valence-corrected chi connectivity index (χ1v) is 11.7. The average molecular weight is 462 g/mol. The van der Waals surface area contributed by atoms with Gasteiger partial charge in [-0.05, 0) is 38.0 Å². The van der Waals surface area contributed by atoms with Crippen LogP contribution in [0.1, 0.15) is 17.7 Å². The summed E-state index contributed by atoms with van der Waals surface area (Å²) in [5, 5.41) is 5.57. The summed E-state index contributed by atoms with van der Waals surface area (Å²) in [5.41, 5.74) is 5.25. The molecule has 5 rings (SSSR count). The molecule has 34 heavy (non-hydrogen) atoms. The number of aryl methyl sites for hydroxylation is 2. The van der Waals surface area contributed by atoms with Crippen LogP contribution in [-0.4, -0.2) is 66.4 Å². The summed E-state index contributed by atoms with van der Waals surface area (Å²) in [6.07, 6.45) is 2.52. The van der Waals surface area contributed by atoms with E-state index in [2.05, 4.69) is 57.2 Å². The Balaban J connectivity index is 1.37. The van der Waals surface area contributed by atoms with Crippen molar-refractivity contribution in [2.45, 2.75) is 20.3 Å². The topological polar surface area (TPSA) is 84.5 Å². The Morgan fingerprint density at radius 1 is 1.09 bits per heavy atom. The predicted molar refractivity (Wildman–Crippen MR) is 135 cm³/mol. The molecular weight excluding hydrogens is 430 g/mol. The third-order valence-electron chi connectivity index (χ3n) is 6.50. The van der Waals surface area contributed by atoms with Crippen molar-refractivity contribution in [3.05, 3.63) is 47.9 Å². The van der Waals surface area contributed by atoms with E-state index in [4.69, 9.17) is 14.2 Å². The fraction of sp³-hybridized carbons (Fsp3) is 0.385. The molecule has 4 aromatic rings. The monoisotopic (exact) mass is 461 g/mol. The van der Waals surface area contributed by atoms with Crippen LogP contribution in [0, 0.1) is 13.8 Å². The molecule has 8 heteroatoms. The quantitative estimate of drug-likeness (QED) is 0.372. The summed E-state index contributed by atoms with van der Waals surface area (Å²) >= 11 is 0. The number of fused-ring (bicyclic) bond motifs is 2. The highest BCUT2D eigenvalue weighted by Gasteiger charge is 2.15. The second-order valence-electron chi connectivity index (χ2n) is 8.63. The number of H-pyrrole nitrogens is 1. The van der Waals surface area contributed by atoms with Gasteiger partial charge in [0.15, 0.2) is 11.5 Å². The lowest BCUT2D eigenvalue weighted by atomic mass is 10.1. The number of ether oxygens (including phenoxy) is 3. The van der Waals surface area contributed by atoms with Crippen LogP contribution < -0.4 is 14.8 Å². The lowest BCUT2D eigenvalue weighted by Gasteiger charge is -2.26. The molecule has 0 saturated carbocycles. The van der Waals surface area contributed by atoms with E-state index in [0.717, 1.165) is 72.9 Å². The van der Waals surface area contributed by atoms with Gasteiger partial charge in [0.1, 0.15) is 12.1 Å². The first-order valence-electron chi connectivity index (χ1n) is 11.7. The summed E-state index contributed by atoms with van der Waals surface area (Å²) < 4.78 is 17.2. The van der Waals surface area contributed by atoms with E-state index in [0.29, 0.717) is 18.1 Å². The fourth-order valence-corrected chi connectivity index (χ4v) is 4.45. The number of anilines is 2. The van der Waals surface area contributed by atoms with Crippen molar-refractivity contribution >= 4 is 33.3 Å². The molecule has 0 radical (unpaired) electrons. The minimum atomic E-state index is 0.614. The van der Waals surface area contributed by atoms with Gasteiger partial charge < -0.3 is 24.5 Å². The molecule has 0 atom stereocenters. The van der Waals surface area contributed by atoms with Crippen LogP contribution in [0.4, 0.5) is 11.5 Å². The molecule has 1 aliphatic rings. The van der Waals surface area contributed by atoms with Crippen LogP contribution in [0.2, 0.25) is 0 Å². The standard InChI is InChI=1S/C26H31N5O3/c1-17-18(2)29-25-19(17)6-4-7-21(25)30-26-20-14-23(32-3)24(15-22(20)27-16-28-26)34-11-5-8-31-9-12-33-13-10-31/h4,6-7,14-16,29H,5,8-13H2,1-3H3,(H,27,28,30). The summed E-state index contributed by atoms with van der Waals surface area (Å²) in [4.78, 5) is 14.9. The Morgan fingerprint density at radius 2 is 1.94 bits per heavy atom. The van der Waals surface area contributed by atoms with Gasteiger partial charge in [0, 0.05) is 42.2 Å². The summed E-state index contributed by atoms with van der Waals surface area (Å²) in [6, 6.07) is 10.1. The molecule has 0 aliphatic carbocycles. The summed E-state index contributed by atoms with van der Waals surface area (Å²) in [6.45, 7) is 9.43. The molecule has 2 aromatic carbocycles. The Labute approximate surface area is 199 Å². The van der Waals surface area contributed by atoms with Gasteiger partial charge in [0.25, 0.3) is 0 Å². The zero-order valence-electron chi connectivity index (χ0n) is 20.0. The minimum absolute atomic E-state index is 0.614. The van der Waals surface area contributed by atoms with E-state index < -0.39 is 0 Å². The molecule has 2 N–H and O–H groups in total. The van der Waals surface area contributed by atoms with Gasteiger partial charge in [-0.15, -0.1) is 0 Å². The van der Waals surface area contributed by atoms with Gasteiger partial charge in [-0.1, -0.05) is 12.1 Å². The van der Waals surface area contributed by atoms with Crippen molar-refractivity contribution < 1.29 is 14.2 Å². The molecule has 0 spiro atoms. The van der Waals surface area contributed by atoms with Crippen LogP contribution in [0.5, 0.6) is 11.5 Å². The number of nitrogens with zero attached hydrogens (tertiary/aromatic N) is 3. The maximum Gasteiger partial charge on any atom is 0.163 e. The molecule has 1 aliphatic heterocycles. The average Bonchev–Trinajstić information content (AvgIpc) is 3.16. The van der Waals surface area contributed by atoms with Gasteiger partial charge >= 0.3 is 0 Å². The Bertz CT molecular complexity index is 1300. The lowest BCUT2D eigenvalue weighted by molar-refractivity contribution is 0.0357. The molecule has 1 saturated heterocycles. The molecule has 0 bridgehead atoms. The highest BCUT2D eigenvalue weighted by atomic mass is 16.5. The Morgan fingerprint density at radius 3 is 2.76 bits per heavy atom. The van der Waals surface area contributed by atoms with Gasteiger partial charge in [0.2, 0.25) is 0 Å². The fourth-order valence-electron chi connectivity index (χ4n) is 4.45. The third kappa shape index (κ3) is 4.51. The van der Waals surface area contributed by atoms with Crippen molar-refractivity contribution in [3.8, 4) is 11.5 Å². The first kappa shape index (κ1) is 22.4. The van der Waals surface area contributed by atoms with Crippen LogP contribution in [-0.2, 0) is 4.74 Å². The number of hydrogen-bond donors (Lipinski definition) is 2. The number of hydrogen-bond acceptors (Lipinski definition) is 7. The minimum Gasteiger partial charge on any atom is -0.493 e. The second kappa shape index (κ2) is 9.87. The molecule has 2 aromatic heterocycles. The number of aromatic amines is 1. The van der Waals surface area contributed by atoms with Gasteiger partial charge in [-0.25, -0.2) is 9.97 Å². The third-order valence-corrected chi connectivity index (χ3v) is 6.50. The molecule has 0 unspecified atom stereocenters. The van der Waals surface area contributed by atoms with Crippen molar-refractivity contribution in [2.24, 2.45) is 0 Å². The smallest absolute Gasteiger partial charge is 0.163 e. The SMILES string of the molecule is COc1cc2c(Nc3cccc4c(C)c(C)[nH]c34)ncnc2cc1OCCCN1CCOCC1. The molecule has 0 amide bonds. The van der Waals surface area contributed by atoms with E-state index >= 15 is 0 Å². The normalized spacial score (nSPS) is 14.6. The van der Waals surface area contributed by atoms with Crippen LogP contribution in [0.3, 0.4) is 0 Å². The Kier molecular flexibility index (Phi) is 6.51. The molecule has 1 fully saturated rings. The largest absolute Gasteiger partial charge is 0.493 e. The maximum atomic E-state index is 6.09. The van der Waals surface area contributed by atoms with Crippen LogP contribution >= 0.6 is 0 Å². The number of morpholine rings is 1. The zero-order valence-corrected chi connectivity index (χ0v) is 20.0. The van der Waals surface area contributed by atoms with Crippen LogP contribution in [0.15, 0.2) is 36.7 Å². The van der Waals surface area contributed by atoms with Crippen molar-refractivity contribution in [1.29, 1.82) is 0 Å². The number of rotatable bonds is 8. The van der Waals surface area contributed by atoms with E-state index in [1.165, 1.54) is 10.9 Å². The number of benzene rings is 2. The predicted octanol–water partition coefficient (Wildman–Crippen LogP) is 4.58. The van der Waals surface area contributed by atoms with Crippen molar-refractivity contribution in [2.75, 3.05) is 51.9 Å². The maximum absolute atomic E-state index is 6.09. The highest BCUT2D eigenvalue weighted by molar-refractivity contribution is 5.99. The van der Waals surface area contributed by atoms with E-state index in [1.54, 1.807) is 13.4 Å². The number of aromatic nitrogens is 3. The van der Waals surface area contributed by atoms with E-state index in [-0.39, 0.29) is 0 Å². The lowest BCUT2D eigenvalue weighted by Crippen LogP contribution is -2.37. The van der Waals surface area contributed by atoms with Gasteiger partial charge in [-0.3, -0.25) is 4.90 Å². The molecule has 3 heterocycles. The van der Waals surface area contributed by atoms with Crippen molar-refractivity contribution in [1.82, 2.24) is 19.9 Å².